The van der Waals surface area contributed by atoms with Gasteiger partial charge in [-0.2, -0.15) is 0 Å². The van der Waals surface area contributed by atoms with Crippen molar-refractivity contribution in [1.29, 1.82) is 0 Å². The zero-order chi connectivity index (χ0) is 14.0. The van der Waals surface area contributed by atoms with Crippen molar-refractivity contribution in [3.8, 4) is 0 Å². The minimum absolute atomic E-state index is 0.387. The Morgan fingerprint density at radius 2 is 2.21 bits per heavy atom. The molecule has 5 heteroatoms. The molecule has 2 rings (SSSR count). The van der Waals surface area contributed by atoms with E-state index in [0.717, 1.165) is 25.1 Å². The van der Waals surface area contributed by atoms with Gasteiger partial charge in [0, 0.05) is 12.6 Å². The molecule has 0 aromatic heterocycles. The fourth-order valence-corrected chi connectivity index (χ4v) is 2.92. The average Bonchev–Trinajstić information content (AvgIpc) is 2.39. The molecule has 1 heterocycles. The maximum atomic E-state index is 11.5. The number of nitrogens with zero attached hydrogens (tertiary/aromatic N) is 1. The smallest absolute Gasteiger partial charge is 0.337 e. The third kappa shape index (κ3) is 2.78. The third-order valence-electron chi connectivity index (χ3n) is 3.60. The van der Waals surface area contributed by atoms with E-state index < -0.39 is 5.97 Å². The number of carbonyl (C=O) groups is 1. The van der Waals surface area contributed by atoms with Crippen molar-refractivity contribution in [3.63, 3.8) is 0 Å². The molecule has 19 heavy (non-hydrogen) atoms. The Morgan fingerprint density at radius 3 is 2.79 bits per heavy atom. The van der Waals surface area contributed by atoms with Crippen molar-refractivity contribution in [2.75, 3.05) is 24.3 Å². The largest absolute Gasteiger partial charge is 0.465 e. The highest BCUT2D eigenvalue weighted by Crippen LogP contribution is 2.37. The molecular formula is C14H19ClN2O2. The lowest BCUT2D eigenvalue weighted by atomic mass is 10.0. The topological polar surface area (TPSA) is 55.6 Å². The van der Waals surface area contributed by atoms with Crippen LogP contribution in [0.3, 0.4) is 0 Å². The van der Waals surface area contributed by atoms with Crippen LogP contribution < -0.4 is 10.6 Å². The van der Waals surface area contributed by atoms with Gasteiger partial charge in [0.2, 0.25) is 0 Å². The Morgan fingerprint density at radius 1 is 1.47 bits per heavy atom. The van der Waals surface area contributed by atoms with Crippen LogP contribution in [-0.4, -0.2) is 25.7 Å². The van der Waals surface area contributed by atoms with Crippen LogP contribution in [0.4, 0.5) is 11.4 Å². The first-order chi connectivity index (χ1) is 9.04. The zero-order valence-electron chi connectivity index (χ0n) is 11.3. The first-order valence-electron chi connectivity index (χ1n) is 6.48. The van der Waals surface area contributed by atoms with Gasteiger partial charge in [0.25, 0.3) is 0 Å². The van der Waals surface area contributed by atoms with E-state index in [4.69, 9.17) is 17.3 Å². The van der Waals surface area contributed by atoms with E-state index >= 15 is 0 Å². The number of anilines is 2. The summed E-state index contributed by atoms with van der Waals surface area (Å²) in [6, 6.07) is 3.67. The fraction of sp³-hybridized carbons (Fsp3) is 0.500. The first kappa shape index (κ1) is 14.0. The number of carbonyl (C=O) groups excluding carboxylic acids is 1. The molecule has 0 spiro atoms. The number of nitrogen functional groups attached to an aromatic ring is 1. The van der Waals surface area contributed by atoms with Gasteiger partial charge in [-0.05, 0) is 38.3 Å². The summed E-state index contributed by atoms with van der Waals surface area (Å²) in [5, 5.41) is 0.508. The third-order valence-corrected chi connectivity index (χ3v) is 3.89. The van der Waals surface area contributed by atoms with Crippen LogP contribution in [0.25, 0.3) is 0 Å². The van der Waals surface area contributed by atoms with E-state index in [1.54, 1.807) is 12.1 Å². The van der Waals surface area contributed by atoms with Gasteiger partial charge in [0.15, 0.2) is 0 Å². The van der Waals surface area contributed by atoms with Crippen LogP contribution in [-0.2, 0) is 4.74 Å². The number of ether oxygens (including phenoxy) is 1. The van der Waals surface area contributed by atoms with Crippen LogP contribution in [0.5, 0.6) is 0 Å². The molecule has 2 N–H and O–H groups in total. The Balaban J connectivity index is 2.38. The lowest BCUT2D eigenvalue weighted by molar-refractivity contribution is 0.0601. The molecule has 0 saturated carbocycles. The van der Waals surface area contributed by atoms with Gasteiger partial charge in [-0.25, -0.2) is 4.79 Å². The second kappa shape index (κ2) is 5.70. The van der Waals surface area contributed by atoms with Gasteiger partial charge in [-0.3, -0.25) is 0 Å². The molecule has 1 aliphatic heterocycles. The number of hydrogen-bond donors (Lipinski definition) is 1. The second-order valence-corrected chi connectivity index (χ2v) is 5.33. The lowest BCUT2D eigenvalue weighted by Gasteiger charge is -2.36. The van der Waals surface area contributed by atoms with Crippen molar-refractivity contribution in [1.82, 2.24) is 0 Å². The normalized spacial score (nSPS) is 19.3. The maximum Gasteiger partial charge on any atom is 0.337 e. The van der Waals surface area contributed by atoms with Crippen LogP contribution in [0.2, 0.25) is 5.02 Å². The second-order valence-electron chi connectivity index (χ2n) is 4.93. The average molecular weight is 283 g/mol. The Bertz CT molecular complexity index is 467. The summed E-state index contributed by atoms with van der Waals surface area (Å²) in [5.41, 5.74) is 7.83. The van der Waals surface area contributed by atoms with Crippen LogP contribution in [0, 0.1) is 0 Å². The lowest BCUT2D eigenvalue weighted by Crippen LogP contribution is -2.38. The minimum Gasteiger partial charge on any atom is -0.465 e. The van der Waals surface area contributed by atoms with Crippen molar-refractivity contribution in [2.45, 2.75) is 32.2 Å². The molecule has 4 nitrogen and oxygen atoms in total. The van der Waals surface area contributed by atoms with Crippen LogP contribution in [0.1, 0.15) is 36.5 Å². The highest BCUT2D eigenvalue weighted by molar-refractivity contribution is 6.34. The maximum absolute atomic E-state index is 11.5. The number of halogens is 1. The van der Waals surface area contributed by atoms with Gasteiger partial charge >= 0.3 is 5.97 Å². The van der Waals surface area contributed by atoms with Gasteiger partial charge in [0.05, 0.1) is 29.1 Å². The highest BCUT2D eigenvalue weighted by atomic mass is 35.5. The Kier molecular flexibility index (Phi) is 4.20. The summed E-state index contributed by atoms with van der Waals surface area (Å²) in [7, 11) is 1.34. The molecule has 1 aromatic rings. The first-order valence-corrected chi connectivity index (χ1v) is 6.86. The standard InChI is InChI=1S/C14H19ClN2O2/c1-9-5-3-4-6-17(9)13-11(15)7-10(8-12(13)16)14(18)19-2/h7-9H,3-6,16H2,1-2H3/t9-/m1/s1. The zero-order valence-corrected chi connectivity index (χ0v) is 12.0. The number of methoxy groups -OCH3 is 1. The Labute approximate surface area is 118 Å². The van der Waals surface area contributed by atoms with E-state index in [9.17, 15) is 4.79 Å². The number of piperidine rings is 1. The number of benzene rings is 1. The van der Waals surface area contributed by atoms with Crippen molar-refractivity contribution in [2.24, 2.45) is 0 Å². The fourth-order valence-electron chi connectivity index (χ4n) is 2.59. The highest BCUT2D eigenvalue weighted by Gasteiger charge is 2.23. The summed E-state index contributed by atoms with van der Waals surface area (Å²) in [4.78, 5) is 13.7. The van der Waals surface area contributed by atoms with Crippen LogP contribution in [0.15, 0.2) is 12.1 Å². The molecule has 0 amide bonds. The molecule has 104 valence electrons. The number of rotatable bonds is 2. The summed E-state index contributed by atoms with van der Waals surface area (Å²) in [6.45, 7) is 3.12. The van der Waals surface area contributed by atoms with Crippen LogP contribution >= 0.6 is 11.6 Å². The monoisotopic (exact) mass is 282 g/mol. The SMILES string of the molecule is COC(=O)c1cc(N)c(N2CCCC[C@H]2C)c(Cl)c1. The van der Waals surface area contributed by atoms with E-state index in [1.165, 1.54) is 13.5 Å². The molecule has 0 aliphatic carbocycles. The van der Waals surface area contributed by atoms with E-state index in [-0.39, 0.29) is 0 Å². The molecule has 1 fully saturated rings. The van der Waals surface area contributed by atoms with Gasteiger partial charge in [0.1, 0.15) is 0 Å². The summed E-state index contributed by atoms with van der Waals surface area (Å²) in [5.74, 6) is -0.424. The molecular weight excluding hydrogens is 264 g/mol. The predicted octanol–water partition coefficient (Wildman–Crippen LogP) is 3.09. The number of hydrogen-bond acceptors (Lipinski definition) is 4. The molecule has 0 unspecified atom stereocenters. The molecule has 0 radical (unpaired) electrons. The summed E-state index contributed by atoms with van der Waals surface area (Å²) >= 11 is 6.30. The van der Waals surface area contributed by atoms with Gasteiger partial charge in [-0.1, -0.05) is 11.6 Å². The predicted molar refractivity (Wildman–Crippen MR) is 77.9 cm³/mol. The number of nitrogens with two attached hydrogens (primary N) is 1. The molecule has 1 aromatic carbocycles. The number of esters is 1. The molecule has 1 aliphatic rings. The van der Waals surface area contributed by atoms with Crippen molar-refractivity contribution >= 4 is 28.9 Å². The molecule has 1 saturated heterocycles. The molecule has 1 atom stereocenters. The summed E-state index contributed by atoms with van der Waals surface area (Å²) in [6.07, 6.45) is 3.50. The quantitative estimate of drug-likeness (QED) is 0.669. The molecule has 0 bridgehead atoms. The minimum atomic E-state index is -0.424. The van der Waals surface area contributed by atoms with Gasteiger partial charge < -0.3 is 15.4 Å². The van der Waals surface area contributed by atoms with E-state index in [0.29, 0.717) is 22.3 Å². The van der Waals surface area contributed by atoms with Crippen molar-refractivity contribution < 1.29 is 9.53 Å². The Hall–Kier alpha value is -1.42. The van der Waals surface area contributed by atoms with E-state index in [2.05, 4.69) is 16.6 Å². The van der Waals surface area contributed by atoms with E-state index in [1.807, 2.05) is 0 Å². The van der Waals surface area contributed by atoms with Crippen molar-refractivity contribution in [3.05, 3.63) is 22.7 Å². The van der Waals surface area contributed by atoms with Gasteiger partial charge in [-0.15, -0.1) is 0 Å². The summed E-state index contributed by atoms with van der Waals surface area (Å²) < 4.78 is 4.69.